The minimum atomic E-state index is -0.762. The summed E-state index contributed by atoms with van der Waals surface area (Å²) in [4.78, 5) is 14.9. The van der Waals surface area contributed by atoms with Crippen LogP contribution in [0.4, 0.5) is 0 Å². The maximum atomic E-state index is 10.6. The molecule has 1 aromatic heterocycles. The summed E-state index contributed by atoms with van der Waals surface area (Å²) in [6.45, 7) is 2.72. The molecule has 0 radical (unpaired) electrons. The number of aryl methyl sites for hydroxylation is 1. The van der Waals surface area contributed by atoms with Gasteiger partial charge >= 0.3 is 5.97 Å². The van der Waals surface area contributed by atoms with E-state index >= 15 is 0 Å². The molecular weight excluding hydrogens is 208 g/mol. The molecule has 5 nitrogen and oxygen atoms in total. The van der Waals surface area contributed by atoms with Crippen molar-refractivity contribution < 1.29 is 14.3 Å². The van der Waals surface area contributed by atoms with E-state index < -0.39 is 5.97 Å². The largest absolute Gasteiger partial charge is 0.481 e. The van der Waals surface area contributed by atoms with Crippen molar-refractivity contribution in [2.45, 2.75) is 38.1 Å². The van der Waals surface area contributed by atoms with E-state index in [1.807, 2.05) is 6.92 Å². The van der Waals surface area contributed by atoms with Crippen LogP contribution in [0.3, 0.4) is 0 Å². The van der Waals surface area contributed by atoms with Gasteiger partial charge < -0.3 is 14.8 Å². The highest BCUT2D eigenvalue weighted by Gasteiger charge is 2.27. The van der Waals surface area contributed by atoms with Crippen molar-refractivity contribution in [3.8, 4) is 0 Å². The number of carboxylic acid groups (broad SMARTS) is 1. The molecule has 1 saturated heterocycles. The Hall–Kier alpha value is -1.36. The molecule has 1 aliphatic heterocycles. The van der Waals surface area contributed by atoms with Crippen LogP contribution in [0.5, 0.6) is 0 Å². The van der Waals surface area contributed by atoms with E-state index in [9.17, 15) is 4.79 Å². The number of carboxylic acids is 1. The van der Waals surface area contributed by atoms with Crippen molar-refractivity contribution in [3.63, 3.8) is 0 Å². The van der Waals surface area contributed by atoms with Crippen molar-refractivity contribution in [3.05, 3.63) is 17.8 Å². The summed E-state index contributed by atoms with van der Waals surface area (Å²) in [6.07, 6.45) is 3.54. The highest BCUT2D eigenvalue weighted by molar-refractivity contribution is 5.67. The Balaban J connectivity index is 1.99. The Kier molecular flexibility index (Phi) is 3.24. The van der Waals surface area contributed by atoms with Crippen LogP contribution >= 0.6 is 0 Å². The Labute approximate surface area is 93.9 Å². The summed E-state index contributed by atoms with van der Waals surface area (Å²) in [5, 5.41) is 12.0. The summed E-state index contributed by atoms with van der Waals surface area (Å²) in [5.74, 6) is 0.232. The van der Waals surface area contributed by atoms with Crippen LogP contribution in [0.15, 0.2) is 10.7 Å². The van der Waals surface area contributed by atoms with Crippen molar-refractivity contribution in [2.24, 2.45) is 0 Å². The molecule has 2 unspecified atom stereocenters. The van der Waals surface area contributed by atoms with Gasteiger partial charge in [0.1, 0.15) is 6.26 Å². The molecular formula is C11H16N2O3. The summed E-state index contributed by atoms with van der Waals surface area (Å²) >= 11 is 0. The maximum Gasteiger partial charge on any atom is 0.304 e. The summed E-state index contributed by atoms with van der Waals surface area (Å²) in [7, 11) is 0. The van der Waals surface area contributed by atoms with Crippen molar-refractivity contribution in [1.29, 1.82) is 0 Å². The number of aromatic nitrogens is 1. The van der Waals surface area contributed by atoms with Crippen LogP contribution in [-0.4, -0.2) is 28.6 Å². The zero-order valence-corrected chi connectivity index (χ0v) is 9.27. The minimum Gasteiger partial charge on any atom is -0.481 e. The number of carbonyl (C=O) groups is 1. The highest BCUT2D eigenvalue weighted by Crippen LogP contribution is 2.27. The maximum absolute atomic E-state index is 10.6. The van der Waals surface area contributed by atoms with E-state index in [1.54, 1.807) is 6.26 Å². The Bertz CT molecular complexity index is 375. The smallest absolute Gasteiger partial charge is 0.304 e. The van der Waals surface area contributed by atoms with E-state index in [0.717, 1.165) is 31.0 Å². The van der Waals surface area contributed by atoms with Gasteiger partial charge in [0, 0.05) is 12.0 Å². The quantitative estimate of drug-likeness (QED) is 0.809. The molecule has 0 bridgehead atoms. The number of aliphatic carboxylic acids is 1. The average molecular weight is 224 g/mol. The first kappa shape index (κ1) is 11.1. The molecule has 2 heterocycles. The second-order valence-electron chi connectivity index (χ2n) is 4.30. The van der Waals surface area contributed by atoms with Gasteiger partial charge in [-0.15, -0.1) is 0 Å². The van der Waals surface area contributed by atoms with Gasteiger partial charge in [-0.25, -0.2) is 4.98 Å². The standard InChI is InChI=1S/C11H16N2O3/c1-7-6-16-11(13-7)8-2-3-12-9(4-8)5-10(14)15/h6,8-9,12H,2-5H2,1H3,(H,14,15). The predicted molar refractivity (Wildman–Crippen MR) is 57.3 cm³/mol. The molecule has 1 aliphatic rings. The van der Waals surface area contributed by atoms with Gasteiger partial charge in [0.15, 0.2) is 5.89 Å². The molecule has 5 heteroatoms. The average Bonchev–Trinajstić information content (AvgIpc) is 2.64. The van der Waals surface area contributed by atoms with E-state index in [4.69, 9.17) is 9.52 Å². The van der Waals surface area contributed by atoms with Crippen LogP contribution in [0.25, 0.3) is 0 Å². The van der Waals surface area contributed by atoms with E-state index in [-0.39, 0.29) is 18.4 Å². The van der Waals surface area contributed by atoms with E-state index in [1.165, 1.54) is 0 Å². The summed E-state index contributed by atoms with van der Waals surface area (Å²) in [5.41, 5.74) is 0.878. The zero-order chi connectivity index (χ0) is 11.5. The zero-order valence-electron chi connectivity index (χ0n) is 9.27. The third-order valence-electron chi connectivity index (χ3n) is 2.90. The fourth-order valence-electron chi connectivity index (χ4n) is 2.16. The molecule has 2 N–H and O–H groups in total. The number of hydrogen-bond acceptors (Lipinski definition) is 4. The first-order chi connectivity index (χ1) is 7.65. The van der Waals surface area contributed by atoms with Crippen LogP contribution in [-0.2, 0) is 4.79 Å². The van der Waals surface area contributed by atoms with Crippen molar-refractivity contribution >= 4 is 5.97 Å². The number of nitrogens with zero attached hydrogens (tertiary/aromatic N) is 1. The number of rotatable bonds is 3. The first-order valence-electron chi connectivity index (χ1n) is 5.52. The normalized spacial score (nSPS) is 25.6. The lowest BCUT2D eigenvalue weighted by Gasteiger charge is -2.27. The minimum absolute atomic E-state index is 0.0310. The third-order valence-corrected chi connectivity index (χ3v) is 2.90. The third kappa shape index (κ3) is 2.61. The molecule has 88 valence electrons. The van der Waals surface area contributed by atoms with Crippen molar-refractivity contribution in [2.75, 3.05) is 6.54 Å². The second kappa shape index (κ2) is 4.65. The Morgan fingerprint density at radius 3 is 3.19 bits per heavy atom. The lowest BCUT2D eigenvalue weighted by atomic mass is 9.91. The Morgan fingerprint density at radius 1 is 1.75 bits per heavy atom. The van der Waals surface area contributed by atoms with Gasteiger partial charge in [0.2, 0.25) is 0 Å². The molecule has 0 aromatic carbocycles. The SMILES string of the molecule is Cc1coc(C2CCNC(CC(=O)O)C2)n1. The van der Waals surface area contributed by atoms with Gasteiger partial charge in [-0.05, 0) is 26.3 Å². The monoisotopic (exact) mass is 224 g/mol. The number of nitrogens with one attached hydrogen (secondary N) is 1. The lowest BCUT2D eigenvalue weighted by Crippen LogP contribution is -2.38. The first-order valence-corrected chi connectivity index (χ1v) is 5.52. The number of oxazole rings is 1. The molecule has 2 atom stereocenters. The molecule has 1 aromatic rings. The topological polar surface area (TPSA) is 75.4 Å². The van der Waals surface area contributed by atoms with Crippen LogP contribution in [0.2, 0.25) is 0 Å². The van der Waals surface area contributed by atoms with Crippen LogP contribution in [0.1, 0.15) is 36.8 Å². The van der Waals surface area contributed by atoms with Crippen LogP contribution in [0, 0.1) is 6.92 Å². The predicted octanol–water partition coefficient (Wildman–Crippen LogP) is 1.29. The summed E-state index contributed by atoms with van der Waals surface area (Å²) in [6, 6.07) is 0.0310. The van der Waals surface area contributed by atoms with E-state index in [2.05, 4.69) is 10.3 Å². The van der Waals surface area contributed by atoms with Crippen LogP contribution < -0.4 is 5.32 Å². The van der Waals surface area contributed by atoms with Crippen molar-refractivity contribution in [1.82, 2.24) is 10.3 Å². The van der Waals surface area contributed by atoms with Gasteiger partial charge in [-0.2, -0.15) is 0 Å². The lowest BCUT2D eigenvalue weighted by molar-refractivity contribution is -0.137. The second-order valence-corrected chi connectivity index (χ2v) is 4.30. The molecule has 2 rings (SSSR count). The van der Waals surface area contributed by atoms with Gasteiger partial charge in [0.05, 0.1) is 12.1 Å². The molecule has 0 amide bonds. The van der Waals surface area contributed by atoms with Gasteiger partial charge in [-0.1, -0.05) is 0 Å². The molecule has 0 spiro atoms. The van der Waals surface area contributed by atoms with Gasteiger partial charge in [0.25, 0.3) is 0 Å². The fourth-order valence-corrected chi connectivity index (χ4v) is 2.16. The molecule has 16 heavy (non-hydrogen) atoms. The molecule has 1 fully saturated rings. The molecule has 0 saturated carbocycles. The van der Waals surface area contributed by atoms with Gasteiger partial charge in [-0.3, -0.25) is 4.79 Å². The fraction of sp³-hybridized carbons (Fsp3) is 0.636. The Morgan fingerprint density at radius 2 is 2.56 bits per heavy atom. The number of piperidine rings is 1. The van der Waals surface area contributed by atoms with E-state index in [0.29, 0.717) is 0 Å². The summed E-state index contributed by atoms with van der Waals surface area (Å²) < 4.78 is 5.37. The highest BCUT2D eigenvalue weighted by atomic mass is 16.4. The molecule has 0 aliphatic carbocycles. The number of hydrogen-bond donors (Lipinski definition) is 2.